The van der Waals surface area contributed by atoms with E-state index in [4.69, 9.17) is 11.6 Å². The van der Waals surface area contributed by atoms with Crippen molar-refractivity contribution >= 4 is 23.4 Å². The first-order valence-electron chi connectivity index (χ1n) is 4.49. The third-order valence-electron chi connectivity index (χ3n) is 2.49. The predicted molar refractivity (Wildman–Crippen MR) is 55.4 cm³/mol. The third-order valence-corrected chi connectivity index (χ3v) is 3.29. The average molecular weight is 233 g/mol. The van der Waals surface area contributed by atoms with Gasteiger partial charge in [0.25, 0.3) is 0 Å². The molecule has 0 N–H and O–H groups in total. The molecule has 1 fully saturated rings. The molecule has 1 heterocycles. The molecule has 76 valence electrons. The first kappa shape index (κ1) is 10.2. The molecule has 2 nitrogen and oxygen atoms in total. The molecule has 1 aliphatic rings. The fraction of sp³-hybridized carbons (Fsp3) is 0.556. The minimum absolute atomic E-state index is 0.0498. The zero-order valence-corrected chi connectivity index (χ0v) is 9.33. The molecule has 0 saturated heterocycles. The summed E-state index contributed by atoms with van der Waals surface area (Å²) in [5.74, 6) is -0.185. The van der Waals surface area contributed by atoms with Crippen LogP contribution in [0.5, 0.6) is 0 Å². The van der Waals surface area contributed by atoms with Crippen molar-refractivity contribution in [1.29, 1.82) is 0 Å². The maximum atomic E-state index is 13.5. The number of halogens is 2. The molecule has 0 radical (unpaired) electrons. The third kappa shape index (κ3) is 1.73. The van der Waals surface area contributed by atoms with Gasteiger partial charge in [0.15, 0.2) is 16.1 Å². The predicted octanol–water partition coefficient (Wildman–Crippen LogP) is 3.26. The summed E-state index contributed by atoms with van der Waals surface area (Å²) in [5.41, 5.74) is 0.501. The molecule has 1 saturated carbocycles. The van der Waals surface area contributed by atoms with Crippen molar-refractivity contribution in [2.45, 2.75) is 30.3 Å². The first-order chi connectivity index (χ1) is 6.72. The minimum Gasteiger partial charge on any atom is -0.224 e. The molecule has 5 heteroatoms. The van der Waals surface area contributed by atoms with Crippen LogP contribution in [0.4, 0.5) is 4.39 Å². The normalized spacial score (nSPS) is 16.8. The lowest BCUT2D eigenvalue weighted by molar-refractivity contribution is 0.389. The fourth-order valence-corrected chi connectivity index (χ4v) is 2.06. The summed E-state index contributed by atoms with van der Waals surface area (Å²) in [6, 6.07) is 0. The number of nitrogens with zero attached hydrogens (tertiary/aromatic N) is 2. The molecule has 1 aromatic rings. The molecular formula is C9H10ClFN2S. The molecule has 1 aromatic heterocycles. The lowest BCUT2D eigenvalue weighted by Crippen LogP contribution is -2.14. The summed E-state index contributed by atoms with van der Waals surface area (Å²) in [6.45, 7) is 0. The Labute approximate surface area is 91.3 Å². The zero-order chi connectivity index (χ0) is 10.1. The minimum atomic E-state index is -0.436. The van der Waals surface area contributed by atoms with Gasteiger partial charge in [0.05, 0.1) is 5.69 Å². The Balaban J connectivity index is 2.40. The maximum Gasteiger partial charge on any atom is 0.189 e. The van der Waals surface area contributed by atoms with E-state index in [-0.39, 0.29) is 11.1 Å². The highest BCUT2D eigenvalue weighted by atomic mass is 35.5. The van der Waals surface area contributed by atoms with E-state index in [0.29, 0.717) is 10.9 Å². The maximum absolute atomic E-state index is 13.5. The summed E-state index contributed by atoms with van der Waals surface area (Å²) < 4.78 is 13.5. The molecule has 0 unspecified atom stereocenters. The Morgan fingerprint density at radius 1 is 1.43 bits per heavy atom. The van der Waals surface area contributed by atoms with Gasteiger partial charge < -0.3 is 0 Å². The highest BCUT2D eigenvalue weighted by Gasteiger charge is 2.26. The van der Waals surface area contributed by atoms with Gasteiger partial charge in [-0.05, 0) is 19.1 Å². The van der Waals surface area contributed by atoms with Crippen LogP contribution in [0.25, 0.3) is 0 Å². The standard InChI is InChI=1S/C9H10ClFN2S/c1-14-9-12-7(5-3-2-4-5)6(11)8(10)13-9/h5H,2-4H2,1H3. The van der Waals surface area contributed by atoms with Gasteiger partial charge in [-0.1, -0.05) is 29.8 Å². The van der Waals surface area contributed by atoms with Crippen molar-refractivity contribution in [2.24, 2.45) is 0 Å². The van der Waals surface area contributed by atoms with Gasteiger partial charge in [-0.2, -0.15) is 0 Å². The molecule has 0 atom stereocenters. The molecule has 0 amide bonds. The van der Waals surface area contributed by atoms with Crippen molar-refractivity contribution in [3.8, 4) is 0 Å². The Morgan fingerprint density at radius 3 is 2.64 bits per heavy atom. The van der Waals surface area contributed by atoms with E-state index in [9.17, 15) is 4.39 Å². The highest BCUT2D eigenvalue weighted by Crippen LogP contribution is 2.38. The van der Waals surface area contributed by atoms with Gasteiger partial charge >= 0.3 is 0 Å². The van der Waals surface area contributed by atoms with E-state index in [1.54, 1.807) is 0 Å². The van der Waals surface area contributed by atoms with Crippen LogP contribution in [0, 0.1) is 5.82 Å². The van der Waals surface area contributed by atoms with Gasteiger partial charge in [-0.15, -0.1) is 0 Å². The Kier molecular flexibility index (Phi) is 2.93. The van der Waals surface area contributed by atoms with Crippen molar-refractivity contribution < 1.29 is 4.39 Å². The van der Waals surface area contributed by atoms with Crippen LogP contribution in [-0.2, 0) is 0 Å². The second kappa shape index (κ2) is 4.03. The molecule has 0 aliphatic heterocycles. The van der Waals surface area contributed by atoms with Gasteiger partial charge in [0, 0.05) is 5.92 Å². The summed E-state index contributed by atoms with van der Waals surface area (Å²) in [5, 5.41) is 0.504. The van der Waals surface area contributed by atoms with Crippen LogP contribution in [0.15, 0.2) is 5.16 Å². The van der Waals surface area contributed by atoms with Crippen molar-refractivity contribution in [3.05, 3.63) is 16.7 Å². The first-order valence-corrected chi connectivity index (χ1v) is 6.09. The van der Waals surface area contributed by atoms with E-state index < -0.39 is 5.82 Å². The van der Waals surface area contributed by atoms with E-state index in [0.717, 1.165) is 19.3 Å². The van der Waals surface area contributed by atoms with Crippen molar-refractivity contribution in [3.63, 3.8) is 0 Å². The number of aromatic nitrogens is 2. The van der Waals surface area contributed by atoms with Crippen molar-refractivity contribution in [1.82, 2.24) is 9.97 Å². The summed E-state index contributed by atoms with van der Waals surface area (Å²) >= 11 is 7.07. The van der Waals surface area contributed by atoms with Gasteiger partial charge in [0.1, 0.15) is 0 Å². The van der Waals surface area contributed by atoms with Crippen LogP contribution in [0.1, 0.15) is 30.9 Å². The number of rotatable bonds is 2. The van der Waals surface area contributed by atoms with Crippen LogP contribution >= 0.6 is 23.4 Å². The number of hydrogen-bond donors (Lipinski definition) is 0. The summed E-state index contributed by atoms with van der Waals surface area (Å²) in [4.78, 5) is 8.00. The van der Waals surface area contributed by atoms with Gasteiger partial charge in [-0.25, -0.2) is 14.4 Å². The molecule has 14 heavy (non-hydrogen) atoms. The Bertz CT molecular complexity index is 355. The molecule has 0 aromatic carbocycles. The SMILES string of the molecule is CSc1nc(Cl)c(F)c(C2CCC2)n1. The van der Waals surface area contributed by atoms with E-state index in [2.05, 4.69) is 9.97 Å². The summed E-state index contributed by atoms with van der Waals surface area (Å²) in [6.07, 6.45) is 5.03. The van der Waals surface area contributed by atoms with Crippen LogP contribution in [0.3, 0.4) is 0 Å². The van der Waals surface area contributed by atoms with Crippen LogP contribution in [-0.4, -0.2) is 16.2 Å². The quantitative estimate of drug-likeness (QED) is 0.445. The lowest BCUT2D eigenvalue weighted by Gasteiger charge is -2.25. The Hall–Kier alpha value is -0.350. The highest BCUT2D eigenvalue weighted by molar-refractivity contribution is 7.98. The average Bonchev–Trinajstić information content (AvgIpc) is 2.09. The number of thioether (sulfide) groups is 1. The van der Waals surface area contributed by atoms with E-state index in [1.807, 2.05) is 6.26 Å². The molecule has 0 spiro atoms. The summed E-state index contributed by atoms with van der Waals surface area (Å²) in [7, 11) is 0. The van der Waals surface area contributed by atoms with Gasteiger partial charge in [-0.3, -0.25) is 0 Å². The van der Waals surface area contributed by atoms with E-state index >= 15 is 0 Å². The molecule has 1 aliphatic carbocycles. The topological polar surface area (TPSA) is 25.8 Å². The molecular weight excluding hydrogens is 223 g/mol. The van der Waals surface area contributed by atoms with Crippen LogP contribution < -0.4 is 0 Å². The lowest BCUT2D eigenvalue weighted by atomic mass is 9.83. The van der Waals surface area contributed by atoms with E-state index in [1.165, 1.54) is 11.8 Å². The zero-order valence-electron chi connectivity index (χ0n) is 7.76. The smallest absolute Gasteiger partial charge is 0.189 e. The molecule has 2 rings (SSSR count). The van der Waals surface area contributed by atoms with Crippen LogP contribution in [0.2, 0.25) is 5.15 Å². The molecule has 0 bridgehead atoms. The van der Waals surface area contributed by atoms with Crippen molar-refractivity contribution in [2.75, 3.05) is 6.26 Å². The monoisotopic (exact) mass is 232 g/mol. The fourth-order valence-electron chi connectivity index (χ4n) is 1.46. The Morgan fingerprint density at radius 2 is 2.14 bits per heavy atom. The second-order valence-electron chi connectivity index (χ2n) is 3.33. The van der Waals surface area contributed by atoms with Gasteiger partial charge in [0.2, 0.25) is 0 Å². The number of hydrogen-bond acceptors (Lipinski definition) is 3. The second-order valence-corrected chi connectivity index (χ2v) is 4.46. The largest absolute Gasteiger partial charge is 0.224 e.